The summed E-state index contributed by atoms with van der Waals surface area (Å²) < 4.78 is 15.7. The third kappa shape index (κ3) is 1.72. The Balaban J connectivity index is 2.21. The Morgan fingerprint density at radius 2 is 2.06 bits per heavy atom. The molecule has 0 spiro atoms. The molecule has 0 radical (unpaired) electrons. The molecule has 3 nitrogen and oxygen atoms in total. The molecule has 0 aliphatic rings. The lowest BCUT2D eigenvalue weighted by Crippen LogP contribution is -1.97. The molecule has 0 aliphatic carbocycles. The molecule has 0 unspecified atom stereocenters. The van der Waals surface area contributed by atoms with Crippen molar-refractivity contribution >= 4 is 21.6 Å². The molecule has 2 aromatic heterocycles. The predicted molar refractivity (Wildman–Crippen MR) is 66.2 cm³/mol. The van der Waals surface area contributed by atoms with Gasteiger partial charge in [-0.25, -0.2) is 14.1 Å². The molecule has 0 amide bonds. The Morgan fingerprint density at radius 3 is 2.76 bits per heavy atom. The second kappa shape index (κ2) is 3.63. The van der Waals surface area contributed by atoms with Gasteiger partial charge in [0.2, 0.25) is 5.13 Å². The van der Waals surface area contributed by atoms with Crippen molar-refractivity contribution in [1.82, 2.24) is 14.8 Å². The Hall–Kier alpha value is -1.75. The van der Waals surface area contributed by atoms with Gasteiger partial charge in [0.1, 0.15) is 5.82 Å². The second-order valence-corrected chi connectivity index (χ2v) is 4.96. The van der Waals surface area contributed by atoms with Crippen LogP contribution in [0.15, 0.2) is 24.3 Å². The summed E-state index contributed by atoms with van der Waals surface area (Å²) in [5.74, 6) is -0.235. The van der Waals surface area contributed by atoms with E-state index in [1.54, 1.807) is 10.7 Å². The van der Waals surface area contributed by atoms with Gasteiger partial charge in [-0.1, -0.05) is 11.3 Å². The molecule has 3 rings (SSSR count). The van der Waals surface area contributed by atoms with Crippen LogP contribution < -0.4 is 0 Å². The Labute approximate surface area is 102 Å². The van der Waals surface area contributed by atoms with Crippen LogP contribution >= 0.6 is 11.3 Å². The molecule has 17 heavy (non-hydrogen) atoms. The number of hydrogen-bond acceptors (Lipinski definition) is 3. The third-order valence-electron chi connectivity index (χ3n) is 2.53. The summed E-state index contributed by atoms with van der Waals surface area (Å²) in [6.07, 6.45) is 0. The lowest BCUT2D eigenvalue weighted by Gasteiger charge is -1.96. The fourth-order valence-corrected chi connectivity index (χ4v) is 2.80. The topological polar surface area (TPSA) is 30.7 Å². The Bertz CT molecular complexity index is 699. The Morgan fingerprint density at radius 1 is 1.24 bits per heavy atom. The van der Waals surface area contributed by atoms with Crippen molar-refractivity contribution in [3.8, 4) is 5.13 Å². The van der Waals surface area contributed by atoms with E-state index in [0.29, 0.717) is 0 Å². The average molecular weight is 247 g/mol. The summed E-state index contributed by atoms with van der Waals surface area (Å²) in [6, 6.07) is 6.61. The van der Waals surface area contributed by atoms with E-state index >= 15 is 0 Å². The summed E-state index contributed by atoms with van der Waals surface area (Å²) in [4.78, 5) is 4.45. The third-order valence-corrected chi connectivity index (χ3v) is 3.52. The van der Waals surface area contributed by atoms with E-state index in [2.05, 4.69) is 10.1 Å². The Kier molecular flexibility index (Phi) is 2.22. The van der Waals surface area contributed by atoms with Gasteiger partial charge in [0.05, 0.1) is 15.9 Å². The van der Waals surface area contributed by atoms with Crippen molar-refractivity contribution < 1.29 is 4.39 Å². The normalized spacial score (nSPS) is 11.2. The number of halogens is 1. The summed E-state index contributed by atoms with van der Waals surface area (Å²) in [6.45, 7) is 3.92. The van der Waals surface area contributed by atoms with Gasteiger partial charge in [-0.2, -0.15) is 5.10 Å². The van der Waals surface area contributed by atoms with Gasteiger partial charge in [0.25, 0.3) is 0 Å². The molecule has 5 heteroatoms. The van der Waals surface area contributed by atoms with E-state index in [0.717, 1.165) is 26.7 Å². The van der Waals surface area contributed by atoms with Gasteiger partial charge < -0.3 is 0 Å². The number of rotatable bonds is 1. The second-order valence-electron chi connectivity index (χ2n) is 3.95. The fraction of sp³-hybridized carbons (Fsp3) is 0.167. The monoisotopic (exact) mass is 247 g/mol. The number of aromatic nitrogens is 3. The summed E-state index contributed by atoms with van der Waals surface area (Å²) in [5, 5.41) is 5.14. The number of aryl methyl sites for hydroxylation is 2. The lowest BCUT2D eigenvalue weighted by atomic mass is 10.3. The van der Waals surface area contributed by atoms with Gasteiger partial charge in [-0.3, -0.25) is 0 Å². The zero-order valence-electron chi connectivity index (χ0n) is 9.44. The predicted octanol–water partition coefficient (Wildman–Crippen LogP) is 3.24. The highest BCUT2D eigenvalue weighted by atomic mass is 32.1. The molecule has 2 heterocycles. The first kappa shape index (κ1) is 10.4. The van der Waals surface area contributed by atoms with Crippen LogP contribution in [0, 0.1) is 19.7 Å². The van der Waals surface area contributed by atoms with Gasteiger partial charge in [0, 0.05) is 5.69 Å². The molecule has 0 bridgehead atoms. The first-order valence-corrected chi connectivity index (χ1v) is 6.05. The van der Waals surface area contributed by atoms with E-state index in [-0.39, 0.29) is 5.82 Å². The van der Waals surface area contributed by atoms with E-state index in [9.17, 15) is 4.39 Å². The number of nitrogens with zero attached hydrogens (tertiary/aromatic N) is 3. The highest BCUT2D eigenvalue weighted by molar-refractivity contribution is 7.20. The van der Waals surface area contributed by atoms with Crippen LogP contribution in [0.2, 0.25) is 0 Å². The smallest absolute Gasteiger partial charge is 0.211 e. The molecule has 0 saturated carbocycles. The van der Waals surface area contributed by atoms with Crippen LogP contribution in [0.5, 0.6) is 0 Å². The summed E-state index contributed by atoms with van der Waals surface area (Å²) >= 11 is 1.44. The first-order chi connectivity index (χ1) is 8.13. The van der Waals surface area contributed by atoms with Crippen molar-refractivity contribution in [3.05, 3.63) is 41.5 Å². The molecular weight excluding hydrogens is 237 g/mol. The van der Waals surface area contributed by atoms with Gasteiger partial charge in [-0.05, 0) is 38.1 Å². The van der Waals surface area contributed by atoms with E-state index < -0.39 is 0 Å². The van der Waals surface area contributed by atoms with Crippen molar-refractivity contribution in [1.29, 1.82) is 0 Å². The standard InChI is InChI=1S/C12H10FN3S/c1-7-5-8(2)16(15-7)12-14-10-4-3-9(13)6-11(10)17-12/h3-6H,1-2H3. The van der Waals surface area contributed by atoms with Crippen molar-refractivity contribution in [2.75, 3.05) is 0 Å². The van der Waals surface area contributed by atoms with Gasteiger partial charge in [0.15, 0.2) is 0 Å². The average Bonchev–Trinajstić information content (AvgIpc) is 2.80. The highest BCUT2D eigenvalue weighted by Gasteiger charge is 2.09. The van der Waals surface area contributed by atoms with Crippen LogP contribution in [0.1, 0.15) is 11.4 Å². The SMILES string of the molecule is Cc1cc(C)n(-c2nc3ccc(F)cc3s2)n1. The molecule has 0 atom stereocenters. The van der Waals surface area contributed by atoms with Gasteiger partial charge in [-0.15, -0.1) is 0 Å². The highest BCUT2D eigenvalue weighted by Crippen LogP contribution is 2.26. The molecule has 0 aliphatic heterocycles. The fourth-order valence-electron chi connectivity index (χ4n) is 1.80. The van der Waals surface area contributed by atoms with Crippen LogP contribution in [-0.2, 0) is 0 Å². The molecule has 86 valence electrons. The van der Waals surface area contributed by atoms with Gasteiger partial charge >= 0.3 is 0 Å². The molecular formula is C12H10FN3S. The minimum Gasteiger partial charge on any atom is -0.218 e. The first-order valence-electron chi connectivity index (χ1n) is 5.23. The maximum atomic E-state index is 13.1. The number of fused-ring (bicyclic) bond motifs is 1. The van der Waals surface area contributed by atoms with Crippen molar-refractivity contribution in [2.24, 2.45) is 0 Å². The van der Waals surface area contributed by atoms with E-state index in [1.165, 1.54) is 23.5 Å². The minimum atomic E-state index is -0.235. The molecule has 0 N–H and O–H groups in total. The molecule has 0 saturated heterocycles. The number of hydrogen-bond donors (Lipinski definition) is 0. The zero-order chi connectivity index (χ0) is 12.0. The zero-order valence-corrected chi connectivity index (χ0v) is 10.3. The van der Waals surface area contributed by atoms with E-state index in [1.807, 2.05) is 19.9 Å². The molecule has 1 aromatic carbocycles. The molecule has 3 aromatic rings. The quantitative estimate of drug-likeness (QED) is 0.661. The van der Waals surface area contributed by atoms with Crippen LogP contribution in [-0.4, -0.2) is 14.8 Å². The van der Waals surface area contributed by atoms with Crippen LogP contribution in [0.3, 0.4) is 0 Å². The maximum Gasteiger partial charge on any atom is 0.211 e. The van der Waals surface area contributed by atoms with Crippen LogP contribution in [0.4, 0.5) is 4.39 Å². The van der Waals surface area contributed by atoms with E-state index in [4.69, 9.17) is 0 Å². The number of thiazole rings is 1. The van der Waals surface area contributed by atoms with Crippen molar-refractivity contribution in [3.63, 3.8) is 0 Å². The number of benzene rings is 1. The van der Waals surface area contributed by atoms with Crippen LogP contribution in [0.25, 0.3) is 15.3 Å². The van der Waals surface area contributed by atoms with Crippen molar-refractivity contribution in [2.45, 2.75) is 13.8 Å². The maximum absolute atomic E-state index is 13.1. The largest absolute Gasteiger partial charge is 0.218 e. The lowest BCUT2D eigenvalue weighted by molar-refractivity contribution is 0.630. The minimum absolute atomic E-state index is 0.235. The molecule has 0 fully saturated rings. The summed E-state index contributed by atoms with van der Waals surface area (Å²) in [7, 11) is 0. The summed E-state index contributed by atoms with van der Waals surface area (Å²) in [5.41, 5.74) is 2.79.